The van der Waals surface area contributed by atoms with E-state index in [9.17, 15) is 4.79 Å². The first-order chi connectivity index (χ1) is 9.39. The summed E-state index contributed by atoms with van der Waals surface area (Å²) in [7, 11) is 0. The molecule has 0 unspecified atom stereocenters. The van der Waals surface area contributed by atoms with Gasteiger partial charge in [0.2, 0.25) is 0 Å². The minimum atomic E-state index is -0.861. The second-order valence-corrected chi connectivity index (χ2v) is 6.30. The van der Waals surface area contributed by atoms with Crippen LogP contribution in [0.25, 0.3) is 11.4 Å². The maximum absolute atomic E-state index is 10.7. The van der Waals surface area contributed by atoms with E-state index in [0.29, 0.717) is 5.16 Å². The molecule has 0 radical (unpaired) electrons. The third-order valence-corrected chi connectivity index (χ3v) is 3.57. The number of hydrogen-bond acceptors (Lipinski definition) is 4. The molecular formula is C14H17N3O2S. The Hall–Kier alpha value is -1.82. The van der Waals surface area contributed by atoms with Gasteiger partial charge >= 0.3 is 5.97 Å². The van der Waals surface area contributed by atoms with Crippen molar-refractivity contribution in [3.05, 3.63) is 30.3 Å². The van der Waals surface area contributed by atoms with Gasteiger partial charge < -0.3 is 5.11 Å². The third kappa shape index (κ3) is 3.19. The monoisotopic (exact) mass is 291 g/mol. The SMILES string of the molecule is CC(C)(C)n1c(SCC(=O)O)nnc1-c1ccccc1. The van der Waals surface area contributed by atoms with Crippen molar-refractivity contribution in [2.75, 3.05) is 5.75 Å². The Kier molecular flexibility index (Phi) is 4.13. The fourth-order valence-electron chi connectivity index (χ4n) is 1.87. The van der Waals surface area contributed by atoms with Crippen molar-refractivity contribution in [2.24, 2.45) is 0 Å². The molecule has 106 valence electrons. The maximum atomic E-state index is 10.7. The smallest absolute Gasteiger partial charge is 0.313 e. The minimum Gasteiger partial charge on any atom is -0.481 e. The average molecular weight is 291 g/mol. The van der Waals surface area contributed by atoms with E-state index in [1.54, 1.807) is 0 Å². The predicted molar refractivity (Wildman–Crippen MR) is 78.8 cm³/mol. The molecule has 1 N–H and O–H groups in total. The molecule has 0 atom stereocenters. The zero-order valence-corrected chi connectivity index (χ0v) is 12.5. The van der Waals surface area contributed by atoms with Gasteiger partial charge in [0.15, 0.2) is 11.0 Å². The van der Waals surface area contributed by atoms with Crippen molar-refractivity contribution in [3.63, 3.8) is 0 Å². The summed E-state index contributed by atoms with van der Waals surface area (Å²) < 4.78 is 1.98. The first-order valence-corrected chi connectivity index (χ1v) is 7.24. The van der Waals surface area contributed by atoms with Gasteiger partial charge in [0.05, 0.1) is 5.75 Å². The van der Waals surface area contributed by atoms with Gasteiger partial charge in [-0.1, -0.05) is 42.1 Å². The molecule has 0 aliphatic carbocycles. The lowest BCUT2D eigenvalue weighted by Crippen LogP contribution is -2.24. The molecule has 0 amide bonds. The summed E-state index contributed by atoms with van der Waals surface area (Å²) in [5.74, 6) is -0.131. The summed E-state index contributed by atoms with van der Waals surface area (Å²) in [6.45, 7) is 6.15. The number of carboxylic acid groups (broad SMARTS) is 1. The Labute approximate surface area is 122 Å². The summed E-state index contributed by atoms with van der Waals surface area (Å²) >= 11 is 1.19. The Bertz CT molecular complexity index is 603. The second kappa shape index (κ2) is 5.66. The van der Waals surface area contributed by atoms with Crippen molar-refractivity contribution >= 4 is 17.7 Å². The van der Waals surface area contributed by atoms with Gasteiger partial charge in [0.1, 0.15) is 0 Å². The Balaban J connectivity index is 2.46. The number of hydrogen-bond donors (Lipinski definition) is 1. The van der Waals surface area contributed by atoms with E-state index in [2.05, 4.69) is 10.2 Å². The number of aromatic nitrogens is 3. The Morgan fingerprint density at radius 1 is 1.25 bits per heavy atom. The van der Waals surface area contributed by atoms with Crippen molar-refractivity contribution in [1.29, 1.82) is 0 Å². The molecular weight excluding hydrogens is 274 g/mol. The first-order valence-electron chi connectivity index (χ1n) is 6.25. The summed E-state index contributed by atoms with van der Waals surface area (Å²) in [5.41, 5.74) is 0.743. The van der Waals surface area contributed by atoms with Crippen LogP contribution in [0.4, 0.5) is 0 Å². The lowest BCUT2D eigenvalue weighted by molar-refractivity contribution is -0.133. The quantitative estimate of drug-likeness (QED) is 0.877. The molecule has 5 nitrogen and oxygen atoms in total. The number of carbonyl (C=O) groups is 1. The van der Waals surface area contributed by atoms with Crippen molar-refractivity contribution in [3.8, 4) is 11.4 Å². The predicted octanol–water partition coefficient (Wildman–Crippen LogP) is 2.88. The summed E-state index contributed by atoms with van der Waals surface area (Å²) in [6.07, 6.45) is 0. The van der Waals surface area contributed by atoms with E-state index in [1.807, 2.05) is 55.7 Å². The van der Waals surface area contributed by atoms with Crippen LogP contribution in [0.3, 0.4) is 0 Å². The fourth-order valence-corrected chi connectivity index (χ4v) is 2.71. The van der Waals surface area contributed by atoms with Crippen LogP contribution in [-0.4, -0.2) is 31.6 Å². The molecule has 1 heterocycles. The van der Waals surface area contributed by atoms with Crippen LogP contribution in [-0.2, 0) is 10.3 Å². The molecule has 0 saturated carbocycles. The highest BCUT2D eigenvalue weighted by molar-refractivity contribution is 7.99. The van der Waals surface area contributed by atoms with Crippen LogP contribution in [0.5, 0.6) is 0 Å². The Morgan fingerprint density at radius 2 is 1.90 bits per heavy atom. The second-order valence-electron chi connectivity index (χ2n) is 5.36. The maximum Gasteiger partial charge on any atom is 0.313 e. The van der Waals surface area contributed by atoms with E-state index < -0.39 is 5.97 Å². The van der Waals surface area contributed by atoms with Crippen LogP contribution in [0.1, 0.15) is 20.8 Å². The highest BCUT2D eigenvalue weighted by atomic mass is 32.2. The molecule has 0 saturated heterocycles. The van der Waals surface area contributed by atoms with Crippen LogP contribution in [0.2, 0.25) is 0 Å². The molecule has 1 aromatic carbocycles. The number of nitrogens with zero attached hydrogens (tertiary/aromatic N) is 3. The summed E-state index contributed by atoms with van der Waals surface area (Å²) in [6, 6.07) is 9.78. The van der Waals surface area contributed by atoms with Crippen molar-refractivity contribution in [1.82, 2.24) is 14.8 Å². The van der Waals surface area contributed by atoms with Crippen molar-refractivity contribution < 1.29 is 9.90 Å². The normalized spacial score (nSPS) is 11.6. The van der Waals surface area contributed by atoms with Gasteiger partial charge in [-0.3, -0.25) is 9.36 Å². The molecule has 6 heteroatoms. The summed E-state index contributed by atoms with van der Waals surface area (Å²) in [4.78, 5) is 10.7. The highest BCUT2D eigenvalue weighted by Crippen LogP contribution is 2.30. The van der Waals surface area contributed by atoms with E-state index in [0.717, 1.165) is 11.4 Å². The highest BCUT2D eigenvalue weighted by Gasteiger charge is 2.24. The molecule has 1 aromatic heterocycles. The van der Waals surface area contributed by atoms with Gasteiger partial charge in [-0.25, -0.2) is 0 Å². The van der Waals surface area contributed by atoms with Crippen LogP contribution in [0.15, 0.2) is 35.5 Å². The molecule has 2 aromatic rings. The zero-order valence-electron chi connectivity index (χ0n) is 11.7. The molecule has 0 aliphatic heterocycles. The molecule has 20 heavy (non-hydrogen) atoms. The van der Waals surface area contributed by atoms with E-state index >= 15 is 0 Å². The summed E-state index contributed by atoms with van der Waals surface area (Å²) in [5, 5.41) is 17.8. The standard InChI is InChI=1S/C14H17N3O2S/c1-14(2,3)17-12(10-7-5-4-6-8-10)15-16-13(17)20-9-11(18)19/h4-8H,9H2,1-3H3,(H,18,19). The van der Waals surface area contributed by atoms with Crippen LogP contribution >= 0.6 is 11.8 Å². The number of carboxylic acids is 1. The van der Waals surface area contributed by atoms with E-state index in [1.165, 1.54) is 11.8 Å². The number of rotatable bonds is 4. The van der Waals surface area contributed by atoms with Crippen molar-refractivity contribution in [2.45, 2.75) is 31.5 Å². The topological polar surface area (TPSA) is 68.0 Å². The average Bonchev–Trinajstić information content (AvgIpc) is 2.81. The molecule has 2 rings (SSSR count). The Morgan fingerprint density at radius 3 is 2.45 bits per heavy atom. The van der Waals surface area contributed by atoms with E-state index in [4.69, 9.17) is 5.11 Å². The zero-order chi connectivity index (χ0) is 14.8. The number of aliphatic carboxylic acids is 1. The van der Waals surface area contributed by atoms with Gasteiger partial charge in [0.25, 0.3) is 0 Å². The molecule has 0 bridgehead atoms. The molecule has 0 fully saturated rings. The largest absolute Gasteiger partial charge is 0.481 e. The third-order valence-electron chi connectivity index (χ3n) is 2.66. The fraction of sp³-hybridized carbons (Fsp3) is 0.357. The van der Waals surface area contributed by atoms with Crippen LogP contribution in [0, 0.1) is 0 Å². The molecule has 0 spiro atoms. The number of benzene rings is 1. The van der Waals surface area contributed by atoms with Gasteiger partial charge in [-0.05, 0) is 20.8 Å². The molecule has 0 aliphatic rings. The van der Waals surface area contributed by atoms with Crippen LogP contribution < -0.4 is 0 Å². The first kappa shape index (κ1) is 14.6. The number of thioether (sulfide) groups is 1. The van der Waals surface area contributed by atoms with E-state index in [-0.39, 0.29) is 11.3 Å². The minimum absolute atomic E-state index is 0.0248. The lowest BCUT2D eigenvalue weighted by atomic mass is 10.1. The lowest BCUT2D eigenvalue weighted by Gasteiger charge is -2.24. The van der Waals surface area contributed by atoms with Gasteiger partial charge in [0, 0.05) is 11.1 Å². The van der Waals surface area contributed by atoms with Gasteiger partial charge in [-0.15, -0.1) is 10.2 Å². The van der Waals surface area contributed by atoms with Gasteiger partial charge in [-0.2, -0.15) is 0 Å².